The van der Waals surface area contributed by atoms with E-state index in [2.05, 4.69) is 5.10 Å². The van der Waals surface area contributed by atoms with Crippen molar-refractivity contribution in [3.63, 3.8) is 0 Å². The monoisotopic (exact) mass is 293 g/mol. The first-order chi connectivity index (χ1) is 10.1. The van der Waals surface area contributed by atoms with Crippen molar-refractivity contribution in [3.8, 4) is 0 Å². The van der Waals surface area contributed by atoms with Crippen LogP contribution < -0.4 is 0 Å². The molecule has 2 heterocycles. The third-order valence-electron chi connectivity index (χ3n) is 3.93. The summed E-state index contributed by atoms with van der Waals surface area (Å²) in [6.45, 7) is 2.56. The molecule has 1 amide bonds. The van der Waals surface area contributed by atoms with Gasteiger partial charge in [-0.05, 0) is 25.3 Å². The lowest BCUT2D eigenvalue weighted by Crippen LogP contribution is -2.53. The number of carboxylic acids is 1. The molecule has 21 heavy (non-hydrogen) atoms. The zero-order chi connectivity index (χ0) is 15.0. The summed E-state index contributed by atoms with van der Waals surface area (Å²) < 4.78 is 7.07. The predicted molar refractivity (Wildman–Crippen MR) is 72.5 cm³/mol. The highest BCUT2D eigenvalue weighted by atomic mass is 16.5. The Morgan fingerprint density at radius 2 is 2.29 bits per heavy atom. The fourth-order valence-corrected chi connectivity index (χ4v) is 2.91. The normalized spacial score (nSPS) is 26.1. The minimum Gasteiger partial charge on any atom is -0.479 e. The summed E-state index contributed by atoms with van der Waals surface area (Å²) in [6.07, 6.45) is 3.36. The van der Waals surface area contributed by atoms with E-state index in [1.54, 1.807) is 21.8 Å². The number of morpholine rings is 1. The highest BCUT2D eigenvalue weighted by molar-refractivity contribution is 5.83. The molecule has 7 heteroatoms. The second-order valence-electron chi connectivity index (χ2n) is 5.53. The fraction of sp³-hybridized carbons (Fsp3) is 0.643. The van der Waals surface area contributed by atoms with Crippen LogP contribution in [0.4, 0.5) is 0 Å². The molecule has 1 N–H and O–H groups in total. The van der Waals surface area contributed by atoms with Gasteiger partial charge in [-0.25, -0.2) is 4.79 Å². The average Bonchev–Trinajstić information content (AvgIpc) is 3.18. The van der Waals surface area contributed by atoms with Crippen molar-refractivity contribution in [2.45, 2.75) is 50.9 Å². The molecular weight excluding hydrogens is 274 g/mol. The Bertz CT molecular complexity index is 552. The Labute approximate surface area is 122 Å². The van der Waals surface area contributed by atoms with Gasteiger partial charge in [0.2, 0.25) is 5.91 Å². The second kappa shape index (κ2) is 5.48. The minimum absolute atomic E-state index is 0.135. The quantitative estimate of drug-likeness (QED) is 0.868. The number of carboxylic acid groups (broad SMARTS) is 1. The zero-order valence-electron chi connectivity index (χ0n) is 11.9. The van der Waals surface area contributed by atoms with E-state index in [0.717, 1.165) is 25.0 Å². The number of aliphatic carboxylic acids is 1. The van der Waals surface area contributed by atoms with Gasteiger partial charge in [0.1, 0.15) is 12.6 Å². The van der Waals surface area contributed by atoms with Crippen molar-refractivity contribution in [1.29, 1.82) is 0 Å². The molecule has 1 aromatic heterocycles. The number of aryl methyl sites for hydroxylation is 1. The molecule has 0 spiro atoms. The summed E-state index contributed by atoms with van der Waals surface area (Å²) in [5.41, 5.74) is 0.740. The molecule has 3 rings (SSSR count). The Morgan fingerprint density at radius 1 is 1.52 bits per heavy atom. The SMILES string of the molecule is CCCn1nccc1C1C(C(=O)O)OCC(=O)N1C1CC1. The fourth-order valence-electron chi connectivity index (χ4n) is 2.91. The number of hydrogen-bond donors (Lipinski definition) is 1. The summed E-state index contributed by atoms with van der Waals surface area (Å²) in [4.78, 5) is 25.4. The van der Waals surface area contributed by atoms with E-state index in [1.165, 1.54) is 0 Å². The molecule has 7 nitrogen and oxygen atoms in total. The Kier molecular flexibility index (Phi) is 3.67. The predicted octanol–water partition coefficient (Wildman–Crippen LogP) is 0.809. The number of amides is 1. The molecule has 0 bridgehead atoms. The zero-order valence-corrected chi connectivity index (χ0v) is 11.9. The molecule has 114 valence electrons. The average molecular weight is 293 g/mol. The summed E-state index contributed by atoms with van der Waals surface area (Å²) >= 11 is 0. The number of aromatic nitrogens is 2. The van der Waals surface area contributed by atoms with E-state index in [1.807, 2.05) is 6.92 Å². The van der Waals surface area contributed by atoms with Crippen LogP contribution in [0.15, 0.2) is 12.3 Å². The van der Waals surface area contributed by atoms with E-state index >= 15 is 0 Å². The molecule has 0 radical (unpaired) electrons. The first-order valence-electron chi connectivity index (χ1n) is 7.30. The topological polar surface area (TPSA) is 84.7 Å². The maximum atomic E-state index is 12.2. The second-order valence-corrected chi connectivity index (χ2v) is 5.53. The third kappa shape index (κ3) is 2.53. The lowest BCUT2D eigenvalue weighted by molar-refractivity contribution is -0.174. The van der Waals surface area contributed by atoms with Crippen molar-refractivity contribution in [1.82, 2.24) is 14.7 Å². The van der Waals surface area contributed by atoms with Gasteiger partial charge in [-0.2, -0.15) is 5.10 Å². The number of carbonyl (C=O) groups is 2. The molecule has 1 aliphatic heterocycles. The Balaban J connectivity index is 2.00. The molecule has 2 unspecified atom stereocenters. The number of nitrogens with zero attached hydrogens (tertiary/aromatic N) is 3. The van der Waals surface area contributed by atoms with Crippen LogP contribution in [0, 0.1) is 0 Å². The molecular formula is C14H19N3O4. The van der Waals surface area contributed by atoms with Gasteiger partial charge in [0.15, 0.2) is 6.10 Å². The molecule has 1 aromatic rings. The molecule has 1 saturated heterocycles. The van der Waals surface area contributed by atoms with E-state index < -0.39 is 18.1 Å². The van der Waals surface area contributed by atoms with Crippen LogP contribution in [-0.4, -0.2) is 50.4 Å². The molecule has 1 saturated carbocycles. The van der Waals surface area contributed by atoms with Crippen molar-refractivity contribution < 1.29 is 19.4 Å². The van der Waals surface area contributed by atoms with Crippen LogP contribution in [0.3, 0.4) is 0 Å². The third-order valence-corrected chi connectivity index (χ3v) is 3.93. The molecule has 2 atom stereocenters. The first kappa shape index (κ1) is 14.1. The van der Waals surface area contributed by atoms with Gasteiger partial charge in [0, 0.05) is 18.8 Å². The van der Waals surface area contributed by atoms with Crippen molar-refractivity contribution in [2.75, 3.05) is 6.61 Å². The lowest BCUT2D eigenvalue weighted by atomic mass is 10.0. The molecule has 1 aliphatic carbocycles. The van der Waals surface area contributed by atoms with E-state index in [-0.39, 0.29) is 18.6 Å². The van der Waals surface area contributed by atoms with Crippen molar-refractivity contribution in [3.05, 3.63) is 18.0 Å². The lowest BCUT2D eigenvalue weighted by Gasteiger charge is -2.39. The number of rotatable bonds is 5. The molecule has 2 fully saturated rings. The van der Waals surface area contributed by atoms with Crippen LogP contribution in [-0.2, 0) is 20.9 Å². The van der Waals surface area contributed by atoms with E-state index in [0.29, 0.717) is 6.54 Å². The standard InChI is InChI=1S/C14H19N3O4/c1-2-7-16-10(5-6-15-16)12-13(14(19)20)21-8-11(18)17(12)9-3-4-9/h5-6,9,12-13H,2-4,7-8H2,1H3,(H,19,20). The van der Waals surface area contributed by atoms with Crippen LogP contribution in [0.25, 0.3) is 0 Å². The van der Waals surface area contributed by atoms with Gasteiger partial charge in [0.05, 0.1) is 5.69 Å². The van der Waals surface area contributed by atoms with Gasteiger partial charge in [-0.15, -0.1) is 0 Å². The maximum absolute atomic E-state index is 12.2. The Hall–Kier alpha value is -1.89. The summed E-state index contributed by atoms with van der Waals surface area (Å²) in [7, 11) is 0. The summed E-state index contributed by atoms with van der Waals surface area (Å²) in [6, 6.07) is 1.33. The molecule has 2 aliphatic rings. The van der Waals surface area contributed by atoms with Crippen LogP contribution in [0.2, 0.25) is 0 Å². The van der Waals surface area contributed by atoms with E-state index in [9.17, 15) is 14.7 Å². The highest BCUT2D eigenvalue weighted by Gasteiger charge is 2.48. The van der Waals surface area contributed by atoms with Gasteiger partial charge in [-0.3, -0.25) is 9.48 Å². The van der Waals surface area contributed by atoms with Crippen LogP contribution in [0.5, 0.6) is 0 Å². The van der Waals surface area contributed by atoms with Crippen molar-refractivity contribution >= 4 is 11.9 Å². The van der Waals surface area contributed by atoms with Gasteiger partial charge in [0.25, 0.3) is 0 Å². The highest BCUT2D eigenvalue weighted by Crippen LogP contribution is 2.39. The van der Waals surface area contributed by atoms with Crippen LogP contribution >= 0.6 is 0 Å². The smallest absolute Gasteiger partial charge is 0.335 e. The number of hydrogen-bond acceptors (Lipinski definition) is 4. The van der Waals surface area contributed by atoms with Gasteiger partial charge in [-0.1, -0.05) is 6.92 Å². The molecule has 0 aromatic carbocycles. The Morgan fingerprint density at radius 3 is 2.90 bits per heavy atom. The first-order valence-corrected chi connectivity index (χ1v) is 7.30. The summed E-state index contributed by atoms with van der Waals surface area (Å²) in [5.74, 6) is -1.17. The number of carbonyl (C=O) groups excluding carboxylic acids is 1. The maximum Gasteiger partial charge on any atom is 0.335 e. The minimum atomic E-state index is -1.04. The van der Waals surface area contributed by atoms with Crippen molar-refractivity contribution in [2.24, 2.45) is 0 Å². The van der Waals surface area contributed by atoms with Gasteiger partial charge < -0.3 is 14.7 Å². The van der Waals surface area contributed by atoms with Gasteiger partial charge >= 0.3 is 5.97 Å². The largest absolute Gasteiger partial charge is 0.479 e. The summed E-state index contributed by atoms with van der Waals surface area (Å²) in [5, 5.41) is 13.7. The number of ether oxygens (including phenoxy) is 1. The van der Waals surface area contributed by atoms with E-state index in [4.69, 9.17) is 4.74 Å². The van der Waals surface area contributed by atoms with Crippen LogP contribution in [0.1, 0.15) is 37.9 Å².